The van der Waals surface area contributed by atoms with Gasteiger partial charge in [-0.1, -0.05) is 0 Å². The van der Waals surface area contributed by atoms with E-state index < -0.39 is 23.6 Å². The fourth-order valence-corrected chi connectivity index (χ4v) is 0.696. The Kier molecular flexibility index (Phi) is 3.87. The number of aliphatic hydroxyl groups excluding tert-OH is 1. The van der Waals surface area contributed by atoms with Gasteiger partial charge >= 0.3 is 0 Å². The van der Waals surface area contributed by atoms with E-state index in [2.05, 4.69) is 10.6 Å². The average molecular weight is 188 g/mol. The van der Waals surface area contributed by atoms with Crippen molar-refractivity contribution in [3.63, 3.8) is 0 Å². The first-order valence-corrected chi connectivity index (χ1v) is 3.99. The summed E-state index contributed by atoms with van der Waals surface area (Å²) in [5.74, 6) is -1.06. The second-order valence-corrected chi connectivity index (χ2v) is 3.84. The van der Waals surface area contributed by atoms with Crippen molar-refractivity contribution >= 4 is 11.8 Å². The minimum absolute atomic E-state index is 0.420. The number of aliphatic hydroxyl groups is 1. The Morgan fingerprint density at radius 2 is 1.77 bits per heavy atom. The maximum absolute atomic E-state index is 11.1. The number of hydrogen-bond acceptors (Lipinski definition) is 3. The molecule has 0 aliphatic heterocycles. The van der Waals surface area contributed by atoms with E-state index >= 15 is 0 Å². The van der Waals surface area contributed by atoms with Gasteiger partial charge in [0.2, 0.25) is 12.1 Å². The molecule has 1 unspecified atom stereocenters. The lowest BCUT2D eigenvalue weighted by atomic mass is 10.1. The number of carbonyl (C=O) groups excluding carboxylic acids is 2. The first-order valence-electron chi connectivity index (χ1n) is 3.99. The highest BCUT2D eigenvalue weighted by Gasteiger charge is 2.20. The Bertz CT molecular complexity index is 208. The highest BCUT2D eigenvalue weighted by Crippen LogP contribution is 1.98. The third-order valence-electron chi connectivity index (χ3n) is 1.09. The van der Waals surface area contributed by atoms with Crippen LogP contribution in [0.2, 0.25) is 0 Å². The lowest BCUT2D eigenvalue weighted by Gasteiger charge is -2.22. The smallest absolute Gasteiger partial charge is 0.270 e. The Morgan fingerprint density at radius 3 is 2.08 bits per heavy atom. The predicted molar refractivity (Wildman–Crippen MR) is 47.7 cm³/mol. The van der Waals surface area contributed by atoms with Crippen LogP contribution in [0.15, 0.2) is 0 Å². The van der Waals surface area contributed by atoms with Crippen molar-refractivity contribution in [2.45, 2.75) is 39.5 Å². The maximum atomic E-state index is 11.1. The molecule has 2 amide bonds. The largest absolute Gasteiger partial charge is 0.365 e. The molecule has 0 fully saturated rings. The molecule has 0 rings (SSSR count). The quantitative estimate of drug-likeness (QED) is 0.504. The molecule has 3 N–H and O–H groups in total. The summed E-state index contributed by atoms with van der Waals surface area (Å²) in [5, 5.41) is 13.7. The van der Waals surface area contributed by atoms with E-state index in [0.717, 1.165) is 0 Å². The van der Waals surface area contributed by atoms with Gasteiger partial charge in [0.1, 0.15) is 0 Å². The van der Waals surface area contributed by atoms with E-state index in [0.29, 0.717) is 0 Å². The summed E-state index contributed by atoms with van der Waals surface area (Å²) in [6.45, 7) is 6.58. The molecule has 0 aliphatic rings. The molecule has 5 nitrogen and oxygen atoms in total. The van der Waals surface area contributed by atoms with Crippen molar-refractivity contribution in [2.24, 2.45) is 0 Å². The van der Waals surface area contributed by atoms with Crippen LogP contribution in [0.4, 0.5) is 0 Å². The van der Waals surface area contributed by atoms with E-state index in [1.807, 2.05) is 0 Å². The Hall–Kier alpha value is -1.10. The highest BCUT2D eigenvalue weighted by molar-refractivity contribution is 5.85. The summed E-state index contributed by atoms with van der Waals surface area (Å²) in [6.07, 6.45) is -1.48. The van der Waals surface area contributed by atoms with Gasteiger partial charge in [-0.25, -0.2) is 0 Å². The monoisotopic (exact) mass is 188 g/mol. The van der Waals surface area contributed by atoms with Gasteiger partial charge in [0.15, 0.2) is 0 Å². The summed E-state index contributed by atoms with van der Waals surface area (Å²) in [6, 6.07) is 0. The van der Waals surface area contributed by atoms with Crippen molar-refractivity contribution in [3.8, 4) is 0 Å². The molecule has 0 aromatic carbocycles. The summed E-state index contributed by atoms with van der Waals surface area (Å²) in [5.41, 5.74) is -0.420. The molecular formula is C8H16N2O3. The predicted octanol–water partition coefficient (Wildman–Crippen LogP) is -0.644. The molecule has 0 spiro atoms. The summed E-state index contributed by atoms with van der Waals surface area (Å²) >= 11 is 0. The van der Waals surface area contributed by atoms with Crippen molar-refractivity contribution < 1.29 is 14.7 Å². The molecule has 0 radical (unpaired) electrons. The zero-order valence-corrected chi connectivity index (χ0v) is 8.34. The number of rotatable bonds is 2. The fourth-order valence-electron chi connectivity index (χ4n) is 0.696. The van der Waals surface area contributed by atoms with Crippen LogP contribution in [-0.2, 0) is 9.59 Å². The first kappa shape index (κ1) is 11.9. The van der Waals surface area contributed by atoms with Crippen LogP contribution in [0, 0.1) is 0 Å². The highest BCUT2D eigenvalue weighted by atomic mass is 16.3. The molecule has 0 bridgehead atoms. The van der Waals surface area contributed by atoms with Crippen LogP contribution in [0.1, 0.15) is 27.7 Å². The van der Waals surface area contributed by atoms with Crippen LogP contribution in [0.3, 0.4) is 0 Å². The third kappa shape index (κ3) is 6.10. The zero-order chi connectivity index (χ0) is 10.6. The number of carbonyl (C=O) groups is 2. The van der Waals surface area contributed by atoms with Crippen LogP contribution < -0.4 is 10.6 Å². The summed E-state index contributed by atoms with van der Waals surface area (Å²) < 4.78 is 0. The average Bonchev–Trinajstić information content (AvgIpc) is 1.81. The van der Waals surface area contributed by atoms with Crippen molar-refractivity contribution in [2.75, 3.05) is 0 Å². The van der Waals surface area contributed by atoms with Gasteiger partial charge in [-0.15, -0.1) is 0 Å². The van der Waals surface area contributed by atoms with Gasteiger partial charge in [-0.05, 0) is 20.8 Å². The van der Waals surface area contributed by atoms with Crippen molar-refractivity contribution in [1.29, 1.82) is 0 Å². The summed E-state index contributed by atoms with van der Waals surface area (Å²) in [4.78, 5) is 21.6. The number of hydrogen-bond donors (Lipinski definition) is 3. The van der Waals surface area contributed by atoms with E-state index in [1.165, 1.54) is 6.92 Å². The van der Waals surface area contributed by atoms with E-state index in [-0.39, 0.29) is 0 Å². The van der Waals surface area contributed by atoms with E-state index in [4.69, 9.17) is 5.11 Å². The lowest BCUT2D eigenvalue weighted by Crippen LogP contribution is -2.51. The van der Waals surface area contributed by atoms with Crippen LogP contribution >= 0.6 is 0 Å². The molecule has 13 heavy (non-hydrogen) atoms. The van der Waals surface area contributed by atoms with Gasteiger partial charge in [-0.3, -0.25) is 9.59 Å². The molecule has 5 heteroatoms. The lowest BCUT2D eigenvalue weighted by molar-refractivity contribution is -0.137. The Morgan fingerprint density at radius 1 is 1.31 bits per heavy atom. The topological polar surface area (TPSA) is 78.4 Å². The normalized spacial score (nSPS) is 13.3. The van der Waals surface area contributed by atoms with Crippen molar-refractivity contribution in [1.82, 2.24) is 10.6 Å². The number of nitrogens with one attached hydrogen (secondary N) is 2. The van der Waals surface area contributed by atoms with Gasteiger partial charge in [0, 0.05) is 12.5 Å². The first-order chi connectivity index (χ1) is 5.72. The molecular weight excluding hydrogens is 172 g/mol. The molecule has 0 saturated carbocycles. The molecule has 0 heterocycles. The third-order valence-corrected chi connectivity index (χ3v) is 1.09. The van der Waals surface area contributed by atoms with Crippen LogP contribution in [0.5, 0.6) is 0 Å². The van der Waals surface area contributed by atoms with E-state index in [1.54, 1.807) is 20.8 Å². The molecule has 0 aromatic rings. The molecule has 0 aliphatic carbocycles. The maximum Gasteiger partial charge on any atom is 0.270 e. The van der Waals surface area contributed by atoms with Crippen molar-refractivity contribution in [3.05, 3.63) is 0 Å². The minimum atomic E-state index is -1.48. The van der Waals surface area contributed by atoms with Gasteiger partial charge in [0.25, 0.3) is 5.91 Å². The second-order valence-electron chi connectivity index (χ2n) is 3.84. The second kappa shape index (κ2) is 4.23. The summed E-state index contributed by atoms with van der Waals surface area (Å²) in [7, 11) is 0. The SMILES string of the molecule is CC(=O)NC(O)C(=O)NC(C)(C)C. The zero-order valence-electron chi connectivity index (χ0n) is 8.34. The molecule has 1 atom stereocenters. The van der Waals surface area contributed by atoms with Gasteiger partial charge in [-0.2, -0.15) is 0 Å². The Labute approximate surface area is 77.5 Å². The van der Waals surface area contributed by atoms with Crippen LogP contribution in [0.25, 0.3) is 0 Å². The standard InChI is InChI=1S/C8H16N2O3/c1-5(11)9-6(12)7(13)10-8(2,3)4/h6,12H,1-4H3,(H,9,11)(H,10,13). The van der Waals surface area contributed by atoms with Crippen LogP contribution in [-0.4, -0.2) is 28.7 Å². The molecule has 0 aromatic heterocycles. The molecule has 76 valence electrons. The van der Waals surface area contributed by atoms with E-state index in [9.17, 15) is 9.59 Å². The van der Waals surface area contributed by atoms with Gasteiger partial charge in [0.05, 0.1) is 0 Å². The number of amides is 2. The molecule has 0 saturated heterocycles. The van der Waals surface area contributed by atoms with Gasteiger partial charge < -0.3 is 15.7 Å². The Balaban J connectivity index is 4.05. The minimum Gasteiger partial charge on any atom is -0.365 e. The fraction of sp³-hybridized carbons (Fsp3) is 0.750.